The van der Waals surface area contributed by atoms with E-state index in [1.165, 1.54) is 17.9 Å². The lowest BCUT2D eigenvalue weighted by Crippen LogP contribution is -2.36. The number of halogens is 2. The molecule has 4 rings (SSSR count). The number of methoxy groups -OCH3 is 2. The molecule has 0 bridgehead atoms. The number of anilines is 2. The number of ether oxygens (including phenoxy) is 2. The number of hydrogen-bond acceptors (Lipinski definition) is 5. The summed E-state index contributed by atoms with van der Waals surface area (Å²) in [4.78, 5) is 38.7. The fourth-order valence-electron chi connectivity index (χ4n) is 3.48. The molecule has 0 atom stereocenters. The number of carbonyl (C=O) groups is 3. The smallest absolute Gasteiger partial charge is 0.328 e. The number of hydrogen-bond donors (Lipinski definition) is 3. The molecule has 3 aromatic carbocycles. The van der Waals surface area contributed by atoms with Gasteiger partial charge < -0.3 is 20.1 Å². The Morgan fingerprint density at radius 1 is 0.833 bits per heavy atom. The Bertz CT molecular complexity index is 1470. The van der Waals surface area contributed by atoms with Crippen molar-refractivity contribution >= 4 is 63.2 Å². The summed E-state index contributed by atoms with van der Waals surface area (Å²) >= 11 is 12.1. The van der Waals surface area contributed by atoms with Crippen molar-refractivity contribution < 1.29 is 23.9 Å². The van der Waals surface area contributed by atoms with Gasteiger partial charge in [-0.05, 0) is 48.5 Å². The summed E-state index contributed by atoms with van der Waals surface area (Å²) in [5.74, 6) is -1.58. The molecule has 0 aliphatic carbocycles. The van der Waals surface area contributed by atoms with E-state index in [0.717, 1.165) is 0 Å². The van der Waals surface area contributed by atoms with Gasteiger partial charge >= 0.3 is 11.8 Å². The van der Waals surface area contributed by atoms with Gasteiger partial charge in [0, 0.05) is 11.1 Å². The summed E-state index contributed by atoms with van der Waals surface area (Å²) in [6.45, 7) is 0. The van der Waals surface area contributed by atoms with Crippen LogP contribution in [0.3, 0.4) is 0 Å². The minimum Gasteiger partial charge on any atom is -0.497 e. The van der Waals surface area contributed by atoms with Crippen LogP contribution in [-0.2, 0) is 9.59 Å². The normalized spacial score (nSPS) is 10.6. The first-order valence-electron chi connectivity index (χ1n) is 10.5. The van der Waals surface area contributed by atoms with Crippen LogP contribution >= 0.6 is 23.2 Å². The Hall–Kier alpha value is -4.21. The highest BCUT2D eigenvalue weighted by atomic mass is 35.5. The molecule has 0 spiro atoms. The zero-order valence-electron chi connectivity index (χ0n) is 19.1. The van der Waals surface area contributed by atoms with Gasteiger partial charge in [-0.3, -0.25) is 19.8 Å². The van der Waals surface area contributed by atoms with E-state index in [9.17, 15) is 14.4 Å². The first kappa shape index (κ1) is 24.9. The molecule has 4 aromatic rings. The third kappa shape index (κ3) is 5.07. The summed E-state index contributed by atoms with van der Waals surface area (Å²) in [5.41, 5.74) is 3.60. The third-order valence-corrected chi connectivity index (χ3v) is 6.03. The Labute approximate surface area is 215 Å². The standard InChI is InChI=1S/C25H20Cl2N4O5/c1-35-16-11-9-15(10-12-16)28-23(32)19-13-14-5-3-8-20(36-2)22(14)31(19)30-25(34)24(33)29-18-7-4-6-17(26)21(18)27/h3-13H,1-2H3,(H,28,32)(H,29,33)(H,30,34). The average molecular weight is 527 g/mol. The predicted octanol–water partition coefficient (Wildman–Crippen LogP) is 4.93. The molecular formula is C25H20Cl2N4O5. The topological polar surface area (TPSA) is 111 Å². The molecule has 0 fully saturated rings. The average Bonchev–Trinajstić information content (AvgIpc) is 3.25. The molecule has 9 nitrogen and oxygen atoms in total. The van der Waals surface area contributed by atoms with Gasteiger partial charge in [0.2, 0.25) is 0 Å². The molecule has 0 aliphatic heterocycles. The zero-order valence-corrected chi connectivity index (χ0v) is 20.6. The number of amides is 3. The van der Waals surface area contributed by atoms with E-state index in [1.54, 1.807) is 67.8 Å². The van der Waals surface area contributed by atoms with Crippen LogP contribution in [0.4, 0.5) is 11.4 Å². The number of para-hydroxylation sites is 1. The molecule has 0 radical (unpaired) electrons. The fraction of sp³-hybridized carbons (Fsp3) is 0.0800. The molecule has 0 unspecified atom stereocenters. The highest BCUT2D eigenvalue weighted by Gasteiger charge is 2.23. The molecule has 184 valence electrons. The lowest BCUT2D eigenvalue weighted by Gasteiger charge is -2.14. The van der Waals surface area contributed by atoms with Gasteiger partial charge in [0.15, 0.2) is 0 Å². The Morgan fingerprint density at radius 3 is 2.25 bits per heavy atom. The van der Waals surface area contributed by atoms with Crippen LogP contribution in [0.1, 0.15) is 10.5 Å². The van der Waals surface area contributed by atoms with E-state index in [-0.39, 0.29) is 21.4 Å². The van der Waals surface area contributed by atoms with Crippen LogP contribution in [-0.4, -0.2) is 36.6 Å². The number of fused-ring (bicyclic) bond motifs is 1. The molecule has 3 N–H and O–H groups in total. The van der Waals surface area contributed by atoms with Crippen LogP contribution in [0.25, 0.3) is 10.9 Å². The maximum Gasteiger partial charge on any atom is 0.328 e. The van der Waals surface area contributed by atoms with Gasteiger partial charge in [-0.15, -0.1) is 0 Å². The number of nitrogens with one attached hydrogen (secondary N) is 3. The molecular weight excluding hydrogens is 507 g/mol. The molecule has 0 saturated heterocycles. The largest absolute Gasteiger partial charge is 0.497 e. The van der Waals surface area contributed by atoms with Crippen molar-refractivity contribution in [3.63, 3.8) is 0 Å². The molecule has 1 aromatic heterocycles. The number of aromatic nitrogens is 1. The van der Waals surface area contributed by atoms with Crippen molar-refractivity contribution in [3.8, 4) is 11.5 Å². The van der Waals surface area contributed by atoms with E-state index in [2.05, 4.69) is 16.1 Å². The first-order valence-corrected chi connectivity index (χ1v) is 11.3. The van der Waals surface area contributed by atoms with Crippen LogP contribution in [0, 0.1) is 0 Å². The molecule has 11 heteroatoms. The quantitative estimate of drug-likeness (QED) is 0.308. The summed E-state index contributed by atoms with van der Waals surface area (Å²) in [6.07, 6.45) is 0. The van der Waals surface area contributed by atoms with Crippen LogP contribution in [0.5, 0.6) is 11.5 Å². The molecule has 1 heterocycles. The van der Waals surface area contributed by atoms with Crippen LogP contribution < -0.4 is 25.5 Å². The highest BCUT2D eigenvalue weighted by Crippen LogP contribution is 2.30. The first-order chi connectivity index (χ1) is 17.3. The van der Waals surface area contributed by atoms with Gasteiger partial charge in [-0.1, -0.05) is 41.4 Å². The van der Waals surface area contributed by atoms with Crippen molar-refractivity contribution in [2.75, 3.05) is 30.3 Å². The van der Waals surface area contributed by atoms with Crippen LogP contribution in [0.2, 0.25) is 10.0 Å². The molecule has 3 amide bonds. The third-order valence-electron chi connectivity index (χ3n) is 5.21. The van der Waals surface area contributed by atoms with Crippen LogP contribution in [0.15, 0.2) is 66.7 Å². The molecule has 0 saturated carbocycles. The second kappa shape index (κ2) is 10.6. The maximum absolute atomic E-state index is 13.2. The van der Waals surface area contributed by atoms with Crippen molar-refractivity contribution in [2.45, 2.75) is 0 Å². The monoisotopic (exact) mass is 526 g/mol. The summed E-state index contributed by atoms with van der Waals surface area (Å²) in [5, 5.41) is 6.09. The van der Waals surface area contributed by atoms with Crippen molar-refractivity contribution in [3.05, 3.63) is 82.5 Å². The van der Waals surface area contributed by atoms with Gasteiger partial charge in [0.1, 0.15) is 22.7 Å². The maximum atomic E-state index is 13.2. The minimum absolute atomic E-state index is 0.0623. The molecule has 36 heavy (non-hydrogen) atoms. The minimum atomic E-state index is -1.05. The van der Waals surface area contributed by atoms with E-state index < -0.39 is 17.7 Å². The second-order valence-electron chi connectivity index (χ2n) is 7.44. The van der Waals surface area contributed by atoms with E-state index in [4.69, 9.17) is 32.7 Å². The number of carbonyl (C=O) groups excluding carboxylic acids is 3. The van der Waals surface area contributed by atoms with Crippen molar-refractivity contribution in [2.24, 2.45) is 0 Å². The Balaban J connectivity index is 1.66. The van der Waals surface area contributed by atoms with E-state index in [1.807, 2.05) is 0 Å². The Kier molecular flexibility index (Phi) is 7.33. The second-order valence-corrected chi connectivity index (χ2v) is 8.23. The summed E-state index contributed by atoms with van der Waals surface area (Å²) in [6, 6.07) is 18.1. The highest BCUT2D eigenvalue weighted by molar-refractivity contribution is 6.46. The van der Waals surface area contributed by atoms with E-state index in [0.29, 0.717) is 28.1 Å². The van der Waals surface area contributed by atoms with Crippen molar-refractivity contribution in [1.29, 1.82) is 0 Å². The van der Waals surface area contributed by atoms with Crippen molar-refractivity contribution in [1.82, 2.24) is 4.68 Å². The summed E-state index contributed by atoms with van der Waals surface area (Å²) < 4.78 is 11.8. The van der Waals surface area contributed by atoms with Gasteiger partial charge in [-0.2, -0.15) is 0 Å². The number of rotatable bonds is 6. The van der Waals surface area contributed by atoms with E-state index >= 15 is 0 Å². The lowest BCUT2D eigenvalue weighted by atomic mass is 10.2. The van der Waals surface area contributed by atoms with Gasteiger partial charge in [0.05, 0.1) is 30.0 Å². The Morgan fingerprint density at radius 2 is 1.56 bits per heavy atom. The van der Waals surface area contributed by atoms with Gasteiger partial charge in [-0.25, -0.2) is 4.68 Å². The predicted molar refractivity (Wildman–Crippen MR) is 139 cm³/mol. The fourth-order valence-corrected chi connectivity index (χ4v) is 3.82. The lowest BCUT2D eigenvalue weighted by molar-refractivity contribution is -0.133. The summed E-state index contributed by atoms with van der Waals surface area (Å²) in [7, 11) is 3.00. The molecule has 0 aliphatic rings. The SMILES string of the molecule is COc1ccc(NC(=O)c2cc3cccc(OC)c3n2NC(=O)C(=O)Nc2cccc(Cl)c2Cl)cc1. The van der Waals surface area contributed by atoms with Gasteiger partial charge in [0.25, 0.3) is 5.91 Å². The zero-order chi connectivity index (χ0) is 25.8. The number of nitrogens with zero attached hydrogens (tertiary/aromatic N) is 1. The number of benzene rings is 3.